The lowest BCUT2D eigenvalue weighted by Crippen LogP contribution is -2.46. The van der Waals surface area contributed by atoms with Gasteiger partial charge in [-0.25, -0.2) is 8.42 Å². The summed E-state index contributed by atoms with van der Waals surface area (Å²) in [6.45, 7) is 13.6. The van der Waals surface area contributed by atoms with Crippen molar-refractivity contribution in [2.75, 3.05) is 39.3 Å². The maximum absolute atomic E-state index is 12.9. The second kappa shape index (κ2) is 10.5. The number of hydrogen-bond donors (Lipinski definition) is 1. The van der Waals surface area contributed by atoms with Crippen molar-refractivity contribution >= 4 is 15.9 Å². The van der Waals surface area contributed by atoms with Crippen LogP contribution in [0.25, 0.3) is 0 Å². The largest absolute Gasteiger partial charge is 0.373 e. The summed E-state index contributed by atoms with van der Waals surface area (Å²) in [4.78, 5) is 15.1. The molecule has 164 valence electrons. The Kier molecular flexibility index (Phi) is 8.63. The molecule has 1 fully saturated rings. The van der Waals surface area contributed by atoms with E-state index in [-0.39, 0.29) is 23.0 Å². The maximum atomic E-state index is 12.9. The molecule has 0 aliphatic carbocycles. The van der Waals surface area contributed by atoms with E-state index in [1.54, 1.807) is 19.1 Å². The van der Waals surface area contributed by atoms with Crippen molar-refractivity contribution in [3.63, 3.8) is 0 Å². The molecule has 2 unspecified atom stereocenters. The van der Waals surface area contributed by atoms with E-state index in [2.05, 4.69) is 24.1 Å². The van der Waals surface area contributed by atoms with Crippen molar-refractivity contribution in [2.45, 2.75) is 58.1 Å². The van der Waals surface area contributed by atoms with Gasteiger partial charge in [-0.2, -0.15) is 4.31 Å². The number of sulfonamides is 1. The number of nitrogens with one attached hydrogen (secondary N) is 1. The van der Waals surface area contributed by atoms with Gasteiger partial charge in [0, 0.05) is 44.8 Å². The molecule has 1 aromatic carbocycles. The first-order chi connectivity index (χ1) is 13.7. The lowest BCUT2D eigenvalue weighted by Gasteiger charge is -2.35. The Labute approximate surface area is 175 Å². The fourth-order valence-corrected chi connectivity index (χ4v) is 5.50. The van der Waals surface area contributed by atoms with Gasteiger partial charge in [0.2, 0.25) is 10.0 Å². The van der Waals surface area contributed by atoms with Gasteiger partial charge in [0.1, 0.15) is 0 Å². The molecule has 2 atom stereocenters. The number of ether oxygens (including phenoxy) is 1. The highest BCUT2D eigenvalue weighted by atomic mass is 32.2. The number of carbonyl (C=O) groups excluding carboxylic acids is 1. The van der Waals surface area contributed by atoms with E-state index in [0.29, 0.717) is 30.8 Å². The molecule has 1 N–H and O–H groups in total. The van der Waals surface area contributed by atoms with Crippen molar-refractivity contribution in [3.05, 3.63) is 29.3 Å². The molecule has 29 heavy (non-hydrogen) atoms. The lowest BCUT2D eigenvalue weighted by atomic mass is 10.1. The number of aryl methyl sites for hydroxylation is 1. The summed E-state index contributed by atoms with van der Waals surface area (Å²) in [6, 6.07) is 4.86. The second-order valence-electron chi connectivity index (χ2n) is 7.70. The van der Waals surface area contributed by atoms with Gasteiger partial charge in [0.15, 0.2) is 0 Å². The number of morpholine rings is 1. The minimum Gasteiger partial charge on any atom is -0.373 e. The average molecular weight is 426 g/mol. The molecule has 0 aromatic heterocycles. The maximum Gasteiger partial charge on any atom is 0.251 e. The standard InChI is InChI=1S/C21H35N3O4S/c1-6-24(7-2)29(26,27)20-13-19(10-9-16(20)3)21(25)22-11-8-12-23-14-17(4)28-18(5)15-23/h9-10,13,17-18H,6-8,11-12,14-15H2,1-5H3,(H,22,25). The van der Waals surface area contributed by atoms with Crippen molar-refractivity contribution in [3.8, 4) is 0 Å². The van der Waals surface area contributed by atoms with Crippen LogP contribution in [0, 0.1) is 6.92 Å². The van der Waals surface area contributed by atoms with Gasteiger partial charge in [0.05, 0.1) is 17.1 Å². The summed E-state index contributed by atoms with van der Waals surface area (Å²) in [5.74, 6) is -0.246. The highest BCUT2D eigenvalue weighted by Gasteiger charge is 2.25. The Bertz CT molecular complexity index is 783. The Morgan fingerprint density at radius 2 is 1.83 bits per heavy atom. The molecule has 1 aromatic rings. The molecule has 0 radical (unpaired) electrons. The summed E-state index contributed by atoms with van der Waals surface area (Å²) in [6.07, 6.45) is 1.29. The molecule has 0 bridgehead atoms. The SMILES string of the molecule is CCN(CC)S(=O)(=O)c1cc(C(=O)NCCCN2CC(C)OC(C)C2)ccc1C. The number of nitrogens with zero attached hydrogens (tertiary/aromatic N) is 2. The molecule has 1 amide bonds. The minimum absolute atomic E-state index is 0.199. The average Bonchev–Trinajstić information content (AvgIpc) is 2.65. The normalized spacial score (nSPS) is 20.8. The van der Waals surface area contributed by atoms with E-state index < -0.39 is 10.0 Å². The first-order valence-corrected chi connectivity index (χ1v) is 11.9. The molecule has 8 heteroatoms. The van der Waals surface area contributed by atoms with E-state index in [1.807, 2.05) is 13.8 Å². The van der Waals surface area contributed by atoms with E-state index in [1.165, 1.54) is 10.4 Å². The zero-order valence-electron chi connectivity index (χ0n) is 18.3. The number of carbonyl (C=O) groups is 1. The first-order valence-electron chi connectivity index (χ1n) is 10.5. The molecule has 0 saturated carbocycles. The van der Waals surface area contributed by atoms with Crippen LogP contribution in [0.15, 0.2) is 23.1 Å². The van der Waals surface area contributed by atoms with Crippen molar-refractivity contribution < 1.29 is 17.9 Å². The Hall–Kier alpha value is -1.48. The quantitative estimate of drug-likeness (QED) is 0.614. The van der Waals surface area contributed by atoms with Gasteiger partial charge < -0.3 is 10.1 Å². The third kappa shape index (κ3) is 6.25. The first kappa shape index (κ1) is 23.8. The fraction of sp³-hybridized carbons (Fsp3) is 0.667. The van der Waals surface area contributed by atoms with Crippen molar-refractivity contribution in [2.24, 2.45) is 0 Å². The Balaban J connectivity index is 1.96. The summed E-state index contributed by atoms with van der Waals surface area (Å²) in [5.41, 5.74) is 1.01. The summed E-state index contributed by atoms with van der Waals surface area (Å²) in [7, 11) is -3.60. The minimum atomic E-state index is -3.60. The fourth-order valence-electron chi connectivity index (χ4n) is 3.80. The molecular formula is C21H35N3O4S. The smallest absolute Gasteiger partial charge is 0.251 e. The number of rotatable bonds is 9. The van der Waals surface area contributed by atoms with Crippen LogP contribution < -0.4 is 5.32 Å². The topological polar surface area (TPSA) is 79.0 Å². The van der Waals surface area contributed by atoms with Crippen LogP contribution >= 0.6 is 0 Å². The number of hydrogen-bond acceptors (Lipinski definition) is 5. The highest BCUT2D eigenvalue weighted by molar-refractivity contribution is 7.89. The molecule has 0 spiro atoms. The predicted octanol–water partition coefficient (Wildman–Crippen LogP) is 2.25. The van der Waals surface area contributed by atoms with Crippen molar-refractivity contribution in [1.82, 2.24) is 14.5 Å². The van der Waals surface area contributed by atoms with Crippen LogP contribution in [0.4, 0.5) is 0 Å². The van der Waals surface area contributed by atoms with Crippen LogP contribution in [-0.4, -0.2) is 75.0 Å². The molecule has 1 aliphatic rings. The van der Waals surface area contributed by atoms with Crippen LogP contribution in [0.1, 0.15) is 50.0 Å². The number of amides is 1. The molecular weight excluding hydrogens is 390 g/mol. The molecule has 1 saturated heterocycles. The van der Waals surface area contributed by atoms with E-state index >= 15 is 0 Å². The zero-order chi connectivity index (χ0) is 21.6. The van der Waals surface area contributed by atoms with E-state index in [9.17, 15) is 13.2 Å². The molecule has 7 nitrogen and oxygen atoms in total. The van der Waals surface area contributed by atoms with Crippen LogP contribution in [-0.2, 0) is 14.8 Å². The Morgan fingerprint density at radius 3 is 2.41 bits per heavy atom. The predicted molar refractivity (Wildman–Crippen MR) is 115 cm³/mol. The monoisotopic (exact) mass is 425 g/mol. The van der Waals surface area contributed by atoms with E-state index in [4.69, 9.17) is 4.74 Å². The zero-order valence-corrected chi connectivity index (χ0v) is 19.1. The highest BCUT2D eigenvalue weighted by Crippen LogP contribution is 2.21. The molecule has 1 heterocycles. The van der Waals surface area contributed by atoms with Crippen LogP contribution in [0.5, 0.6) is 0 Å². The van der Waals surface area contributed by atoms with Crippen LogP contribution in [0.2, 0.25) is 0 Å². The Morgan fingerprint density at radius 1 is 1.21 bits per heavy atom. The van der Waals surface area contributed by atoms with Gasteiger partial charge in [-0.1, -0.05) is 19.9 Å². The molecule has 1 aliphatic heterocycles. The van der Waals surface area contributed by atoms with E-state index in [0.717, 1.165) is 26.1 Å². The summed E-state index contributed by atoms with van der Waals surface area (Å²) in [5, 5.41) is 2.91. The summed E-state index contributed by atoms with van der Waals surface area (Å²) < 4.78 is 32.9. The van der Waals surface area contributed by atoms with Gasteiger partial charge in [-0.15, -0.1) is 0 Å². The second-order valence-corrected chi connectivity index (χ2v) is 9.60. The van der Waals surface area contributed by atoms with Crippen molar-refractivity contribution in [1.29, 1.82) is 0 Å². The lowest BCUT2D eigenvalue weighted by molar-refractivity contribution is -0.0680. The van der Waals surface area contributed by atoms with Gasteiger partial charge in [0.25, 0.3) is 5.91 Å². The third-order valence-corrected chi connectivity index (χ3v) is 7.40. The third-order valence-electron chi connectivity index (χ3n) is 5.21. The van der Waals surface area contributed by atoms with Gasteiger partial charge >= 0.3 is 0 Å². The number of benzene rings is 1. The van der Waals surface area contributed by atoms with Crippen LogP contribution in [0.3, 0.4) is 0 Å². The van der Waals surface area contributed by atoms with Gasteiger partial charge in [-0.05, 0) is 44.9 Å². The summed E-state index contributed by atoms with van der Waals surface area (Å²) >= 11 is 0. The van der Waals surface area contributed by atoms with Gasteiger partial charge in [-0.3, -0.25) is 9.69 Å². The molecule has 2 rings (SSSR count).